The van der Waals surface area contributed by atoms with Crippen LogP contribution in [0.2, 0.25) is 5.02 Å². The molecule has 0 atom stereocenters. The highest BCUT2D eigenvalue weighted by atomic mass is 35.5. The average molecular weight is 505 g/mol. The Bertz CT molecular complexity index is 1140. The van der Waals surface area contributed by atoms with Gasteiger partial charge in [-0.15, -0.1) is 0 Å². The van der Waals surface area contributed by atoms with E-state index in [2.05, 4.69) is 20.4 Å². The third-order valence-electron chi connectivity index (χ3n) is 7.20. The molecule has 0 unspecified atom stereocenters. The van der Waals surface area contributed by atoms with Gasteiger partial charge in [0.15, 0.2) is 5.82 Å². The Morgan fingerprint density at radius 3 is 2.51 bits per heavy atom. The number of likely N-dealkylation sites (tertiary alicyclic amines) is 1. The number of rotatable bonds is 8. The fourth-order valence-corrected chi connectivity index (χ4v) is 5.07. The molecule has 5 nitrogen and oxygen atoms in total. The second kappa shape index (κ2) is 9.91. The van der Waals surface area contributed by atoms with Gasteiger partial charge in [0.25, 0.3) is 0 Å². The molecule has 1 aromatic heterocycles. The van der Waals surface area contributed by atoms with Gasteiger partial charge in [-0.2, -0.15) is 18.2 Å². The van der Waals surface area contributed by atoms with Crippen LogP contribution in [0, 0.1) is 0 Å². The quantitative estimate of drug-likeness (QED) is 0.393. The zero-order valence-electron chi connectivity index (χ0n) is 19.3. The number of hydrogen-bond acceptors (Lipinski definition) is 5. The molecule has 2 aromatic carbocycles. The molecule has 9 heteroatoms. The van der Waals surface area contributed by atoms with Crippen LogP contribution in [0.5, 0.6) is 0 Å². The van der Waals surface area contributed by atoms with Crippen LogP contribution >= 0.6 is 11.6 Å². The lowest BCUT2D eigenvalue weighted by Gasteiger charge is -2.32. The molecular formula is C26H28ClF3N4O. The predicted molar refractivity (Wildman–Crippen MR) is 127 cm³/mol. The lowest BCUT2D eigenvalue weighted by atomic mass is 9.88. The zero-order chi connectivity index (χ0) is 24.5. The molecule has 1 aliphatic carbocycles. The van der Waals surface area contributed by atoms with Crippen LogP contribution in [0.4, 0.5) is 13.2 Å². The third-order valence-corrected chi connectivity index (χ3v) is 7.45. The van der Waals surface area contributed by atoms with E-state index in [0.717, 1.165) is 74.9 Å². The van der Waals surface area contributed by atoms with Crippen LogP contribution in [0.3, 0.4) is 0 Å². The maximum absolute atomic E-state index is 13.0. The summed E-state index contributed by atoms with van der Waals surface area (Å²) in [5, 5.41) is 8.31. The number of nitrogens with zero attached hydrogens (tertiary/aromatic N) is 3. The number of alkyl halides is 3. The smallest absolute Gasteiger partial charge is 0.338 e. The molecule has 1 aliphatic heterocycles. The molecule has 35 heavy (non-hydrogen) atoms. The van der Waals surface area contributed by atoms with E-state index in [1.807, 2.05) is 30.3 Å². The van der Waals surface area contributed by atoms with Gasteiger partial charge in [-0.3, -0.25) is 0 Å². The highest BCUT2D eigenvalue weighted by Gasteiger charge is 2.50. The van der Waals surface area contributed by atoms with E-state index in [1.54, 1.807) is 0 Å². The standard InChI is InChI=1S/C26H28ClF3N4O/c27-22-6-4-20(5-7-22)25(10-11-25)24-32-23(35-33-24)17-31-12-15-34-13-8-18(9-14-34)19-2-1-3-21(16-19)26(28,29)30/h1-7,16,18,31H,8-15,17H2. The van der Waals surface area contributed by atoms with Gasteiger partial charge in [0.1, 0.15) is 0 Å². The largest absolute Gasteiger partial charge is 0.416 e. The summed E-state index contributed by atoms with van der Waals surface area (Å²) in [6, 6.07) is 13.6. The van der Waals surface area contributed by atoms with Crippen LogP contribution in [-0.2, 0) is 18.1 Å². The SMILES string of the molecule is FC(F)(F)c1cccc(C2CCN(CCNCc3nc(C4(c5ccc(Cl)cc5)CC4)no3)CC2)c1. The molecular weight excluding hydrogens is 477 g/mol. The molecule has 2 heterocycles. The highest BCUT2D eigenvalue weighted by molar-refractivity contribution is 6.30. The Balaban J connectivity index is 1.06. The van der Waals surface area contributed by atoms with Gasteiger partial charge in [0.05, 0.1) is 17.5 Å². The Morgan fingerprint density at radius 1 is 1.09 bits per heavy atom. The second-order valence-corrected chi connectivity index (χ2v) is 9.95. The van der Waals surface area contributed by atoms with Crippen molar-refractivity contribution in [3.63, 3.8) is 0 Å². The van der Waals surface area contributed by atoms with Gasteiger partial charge in [-0.25, -0.2) is 0 Å². The average Bonchev–Trinajstić information content (AvgIpc) is 3.53. The Morgan fingerprint density at radius 2 is 1.83 bits per heavy atom. The summed E-state index contributed by atoms with van der Waals surface area (Å²) < 4.78 is 44.5. The molecule has 1 saturated heterocycles. The van der Waals surface area contributed by atoms with Crippen molar-refractivity contribution in [2.45, 2.75) is 49.7 Å². The van der Waals surface area contributed by atoms with Crippen molar-refractivity contribution in [1.29, 1.82) is 0 Å². The maximum atomic E-state index is 13.0. The molecule has 5 rings (SSSR count). The van der Waals surface area contributed by atoms with Crippen LogP contribution in [-0.4, -0.2) is 41.2 Å². The molecule has 0 amide bonds. The Labute approximate surface area is 207 Å². The molecule has 1 saturated carbocycles. The summed E-state index contributed by atoms with van der Waals surface area (Å²) in [6.07, 6.45) is -0.576. The summed E-state index contributed by atoms with van der Waals surface area (Å²) >= 11 is 6.02. The number of benzene rings is 2. The molecule has 2 fully saturated rings. The topological polar surface area (TPSA) is 54.2 Å². The Kier molecular flexibility index (Phi) is 6.88. The van der Waals surface area contributed by atoms with Crippen LogP contribution in [0.15, 0.2) is 53.1 Å². The van der Waals surface area contributed by atoms with Gasteiger partial charge in [-0.05, 0) is 74.0 Å². The van der Waals surface area contributed by atoms with Gasteiger partial charge in [-0.1, -0.05) is 47.1 Å². The van der Waals surface area contributed by atoms with Gasteiger partial charge < -0.3 is 14.7 Å². The van der Waals surface area contributed by atoms with E-state index in [-0.39, 0.29) is 11.3 Å². The Hall–Kier alpha value is -2.42. The van der Waals surface area contributed by atoms with Crippen molar-refractivity contribution in [3.8, 4) is 0 Å². The number of aromatic nitrogens is 2. The molecule has 1 N–H and O–H groups in total. The number of nitrogens with one attached hydrogen (secondary N) is 1. The fourth-order valence-electron chi connectivity index (χ4n) is 4.95. The zero-order valence-corrected chi connectivity index (χ0v) is 20.1. The lowest BCUT2D eigenvalue weighted by molar-refractivity contribution is -0.137. The minimum Gasteiger partial charge on any atom is -0.338 e. The summed E-state index contributed by atoms with van der Waals surface area (Å²) in [5.74, 6) is 1.48. The summed E-state index contributed by atoms with van der Waals surface area (Å²) in [4.78, 5) is 6.97. The minimum absolute atomic E-state index is 0.156. The van der Waals surface area contributed by atoms with E-state index in [0.29, 0.717) is 17.5 Å². The summed E-state index contributed by atoms with van der Waals surface area (Å²) in [5.41, 5.74) is 1.23. The summed E-state index contributed by atoms with van der Waals surface area (Å²) in [6.45, 7) is 3.89. The normalized spacial score (nSPS) is 18.6. The first-order chi connectivity index (χ1) is 16.8. The lowest BCUT2D eigenvalue weighted by Crippen LogP contribution is -2.37. The van der Waals surface area contributed by atoms with Crippen molar-refractivity contribution in [1.82, 2.24) is 20.4 Å². The molecule has 0 radical (unpaired) electrons. The van der Waals surface area contributed by atoms with E-state index in [9.17, 15) is 13.2 Å². The van der Waals surface area contributed by atoms with Crippen molar-refractivity contribution in [3.05, 3.63) is 82.0 Å². The van der Waals surface area contributed by atoms with Crippen molar-refractivity contribution in [2.24, 2.45) is 0 Å². The highest BCUT2D eigenvalue weighted by Crippen LogP contribution is 2.52. The van der Waals surface area contributed by atoms with Gasteiger partial charge in [0.2, 0.25) is 5.89 Å². The molecule has 186 valence electrons. The monoisotopic (exact) mass is 504 g/mol. The molecule has 0 spiro atoms. The molecule has 0 bridgehead atoms. The van der Waals surface area contributed by atoms with Gasteiger partial charge >= 0.3 is 6.18 Å². The molecule has 2 aliphatic rings. The minimum atomic E-state index is -4.30. The number of piperidine rings is 1. The van der Waals surface area contributed by atoms with Crippen LogP contribution in [0.25, 0.3) is 0 Å². The number of halogens is 4. The fraction of sp³-hybridized carbons (Fsp3) is 0.462. The first kappa shape index (κ1) is 24.3. The van der Waals surface area contributed by atoms with E-state index in [1.165, 1.54) is 12.1 Å². The van der Waals surface area contributed by atoms with Crippen molar-refractivity contribution in [2.75, 3.05) is 26.2 Å². The maximum Gasteiger partial charge on any atom is 0.416 e. The van der Waals surface area contributed by atoms with Crippen molar-refractivity contribution < 1.29 is 17.7 Å². The van der Waals surface area contributed by atoms with E-state index >= 15 is 0 Å². The first-order valence-corrected chi connectivity index (χ1v) is 12.4. The van der Waals surface area contributed by atoms with E-state index < -0.39 is 11.7 Å². The van der Waals surface area contributed by atoms with Crippen LogP contribution < -0.4 is 5.32 Å². The van der Waals surface area contributed by atoms with Crippen molar-refractivity contribution >= 4 is 11.6 Å². The van der Waals surface area contributed by atoms with Crippen LogP contribution in [0.1, 0.15) is 60.0 Å². The second-order valence-electron chi connectivity index (χ2n) is 9.52. The van der Waals surface area contributed by atoms with Gasteiger partial charge in [0, 0.05) is 18.1 Å². The number of hydrogen-bond donors (Lipinski definition) is 1. The third kappa shape index (κ3) is 5.55. The molecule has 3 aromatic rings. The summed E-state index contributed by atoms with van der Waals surface area (Å²) in [7, 11) is 0. The van der Waals surface area contributed by atoms with E-state index in [4.69, 9.17) is 16.1 Å². The predicted octanol–water partition coefficient (Wildman–Crippen LogP) is 5.79. The first-order valence-electron chi connectivity index (χ1n) is 12.0.